The van der Waals surface area contributed by atoms with Crippen molar-refractivity contribution in [2.75, 3.05) is 6.61 Å². The lowest BCUT2D eigenvalue weighted by atomic mass is 9.86. The lowest BCUT2D eigenvalue weighted by Crippen LogP contribution is -2.35. The number of hydrogen-bond acceptors (Lipinski definition) is 4. The SMILES string of the molecule is CCC(C)c1ccc(C(=O)OCC(=O)OC2(C)CCCCC2)cc1. The van der Waals surface area contributed by atoms with Gasteiger partial charge in [0.25, 0.3) is 0 Å². The van der Waals surface area contributed by atoms with Gasteiger partial charge in [0.1, 0.15) is 5.60 Å². The summed E-state index contributed by atoms with van der Waals surface area (Å²) in [7, 11) is 0. The lowest BCUT2D eigenvalue weighted by molar-refractivity contribution is -0.164. The summed E-state index contributed by atoms with van der Waals surface area (Å²) in [6.07, 6.45) is 6.15. The van der Waals surface area contributed by atoms with E-state index in [0.29, 0.717) is 11.5 Å². The predicted molar refractivity (Wildman–Crippen MR) is 93.0 cm³/mol. The number of esters is 2. The van der Waals surface area contributed by atoms with Crippen LogP contribution in [0.15, 0.2) is 24.3 Å². The van der Waals surface area contributed by atoms with Gasteiger partial charge in [0, 0.05) is 0 Å². The Labute approximate surface area is 144 Å². The number of benzene rings is 1. The molecule has 1 aliphatic carbocycles. The molecule has 0 saturated heterocycles. The molecule has 24 heavy (non-hydrogen) atoms. The molecule has 1 aromatic rings. The fraction of sp³-hybridized carbons (Fsp3) is 0.600. The van der Waals surface area contributed by atoms with Gasteiger partial charge in [0.2, 0.25) is 0 Å². The molecule has 0 radical (unpaired) electrons. The molecule has 1 aliphatic rings. The molecule has 1 aromatic carbocycles. The summed E-state index contributed by atoms with van der Waals surface area (Å²) < 4.78 is 10.6. The van der Waals surface area contributed by atoms with Crippen molar-refractivity contribution >= 4 is 11.9 Å². The first-order valence-electron chi connectivity index (χ1n) is 8.92. The predicted octanol–water partition coefficient (Wildman–Crippen LogP) is 4.62. The number of hydrogen-bond donors (Lipinski definition) is 0. The molecule has 1 atom stereocenters. The van der Waals surface area contributed by atoms with E-state index in [1.54, 1.807) is 12.1 Å². The molecule has 0 spiro atoms. The van der Waals surface area contributed by atoms with Crippen LogP contribution in [0.5, 0.6) is 0 Å². The largest absolute Gasteiger partial charge is 0.457 e. The minimum atomic E-state index is -0.489. The van der Waals surface area contributed by atoms with Crippen molar-refractivity contribution in [3.8, 4) is 0 Å². The van der Waals surface area contributed by atoms with Crippen molar-refractivity contribution in [1.82, 2.24) is 0 Å². The Kier molecular flexibility index (Phi) is 6.41. The standard InChI is InChI=1S/C20H28O4/c1-4-15(2)16-8-10-17(11-9-16)19(22)23-14-18(21)24-20(3)12-6-5-7-13-20/h8-11,15H,4-7,12-14H2,1-3H3. The van der Waals surface area contributed by atoms with Crippen LogP contribution in [0, 0.1) is 0 Å². The summed E-state index contributed by atoms with van der Waals surface area (Å²) in [5.41, 5.74) is 1.25. The lowest BCUT2D eigenvalue weighted by Gasteiger charge is -2.33. The molecule has 1 fully saturated rings. The highest BCUT2D eigenvalue weighted by Gasteiger charge is 2.31. The maximum Gasteiger partial charge on any atom is 0.344 e. The first-order valence-corrected chi connectivity index (χ1v) is 8.92. The van der Waals surface area contributed by atoms with E-state index in [4.69, 9.17) is 9.47 Å². The summed E-state index contributed by atoms with van der Waals surface area (Å²) in [6.45, 7) is 5.90. The van der Waals surface area contributed by atoms with E-state index >= 15 is 0 Å². The topological polar surface area (TPSA) is 52.6 Å². The van der Waals surface area contributed by atoms with Crippen molar-refractivity contribution in [2.45, 2.75) is 70.8 Å². The fourth-order valence-corrected chi connectivity index (χ4v) is 3.10. The highest BCUT2D eigenvalue weighted by molar-refractivity contribution is 5.90. The van der Waals surface area contributed by atoms with E-state index in [9.17, 15) is 9.59 Å². The van der Waals surface area contributed by atoms with E-state index in [0.717, 1.165) is 32.1 Å². The van der Waals surface area contributed by atoms with Crippen LogP contribution < -0.4 is 0 Å². The zero-order chi connectivity index (χ0) is 17.6. The van der Waals surface area contributed by atoms with Gasteiger partial charge in [0.05, 0.1) is 5.56 Å². The molecule has 1 unspecified atom stereocenters. The van der Waals surface area contributed by atoms with Gasteiger partial charge in [0.15, 0.2) is 6.61 Å². The molecular formula is C20H28O4. The summed E-state index contributed by atoms with van der Waals surface area (Å²) in [4.78, 5) is 24.0. The van der Waals surface area contributed by atoms with Crippen LogP contribution in [0.4, 0.5) is 0 Å². The Balaban J connectivity index is 1.82. The summed E-state index contributed by atoms with van der Waals surface area (Å²) in [5.74, 6) is -0.498. The van der Waals surface area contributed by atoms with Crippen LogP contribution in [-0.2, 0) is 14.3 Å². The Morgan fingerprint density at radius 2 is 1.75 bits per heavy atom. The average molecular weight is 332 g/mol. The molecule has 132 valence electrons. The molecule has 4 heteroatoms. The van der Waals surface area contributed by atoms with Gasteiger partial charge in [-0.1, -0.05) is 32.4 Å². The van der Waals surface area contributed by atoms with E-state index in [1.165, 1.54) is 12.0 Å². The van der Waals surface area contributed by atoms with Gasteiger partial charge in [-0.15, -0.1) is 0 Å². The van der Waals surface area contributed by atoms with Crippen LogP contribution in [0.3, 0.4) is 0 Å². The molecule has 0 aromatic heterocycles. The Morgan fingerprint density at radius 3 is 2.33 bits per heavy atom. The maximum atomic E-state index is 12.0. The minimum Gasteiger partial charge on any atom is -0.457 e. The normalized spacial score (nSPS) is 17.8. The van der Waals surface area contributed by atoms with Crippen molar-refractivity contribution in [2.24, 2.45) is 0 Å². The third kappa shape index (κ3) is 5.08. The molecule has 0 aliphatic heterocycles. The van der Waals surface area contributed by atoms with Crippen LogP contribution in [0.2, 0.25) is 0 Å². The third-order valence-corrected chi connectivity index (χ3v) is 4.92. The van der Waals surface area contributed by atoms with Gasteiger partial charge in [-0.25, -0.2) is 9.59 Å². The molecule has 2 rings (SSSR count). The Hall–Kier alpha value is -1.84. The molecule has 1 saturated carbocycles. The smallest absolute Gasteiger partial charge is 0.344 e. The van der Waals surface area contributed by atoms with Crippen molar-refractivity contribution in [1.29, 1.82) is 0 Å². The summed E-state index contributed by atoms with van der Waals surface area (Å²) in [6, 6.07) is 7.37. The van der Waals surface area contributed by atoms with Crippen LogP contribution in [0.1, 0.15) is 81.1 Å². The first-order chi connectivity index (χ1) is 11.4. The minimum absolute atomic E-state index is 0.332. The van der Waals surface area contributed by atoms with Crippen LogP contribution in [-0.4, -0.2) is 24.1 Å². The molecule has 0 bridgehead atoms. The molecule has 4 nitrogen and oxygen atoms in total. The summed E-state index contributed by atoms with van der Waals surface area (Å²) >= 11 is 0. The van der Waals surface area contributed by atoms with Crippen molar-refractivity contribution in [3.05, 3.63) is 35.4 Å². The van der Waals surface area contributed by atoms with Gasteiger partial charge in [-0.2, -0.15) is 0 Å². The van der Waals surface area contributed by atoms with E-state index < -0.39 is 17.5 Å². The quantitative estimate of drug-likeness (QED) is 0.713. The molecule has 0 heterocycles. The highest BCUT2D eigenvalue weighted by atomic mass is 16.6. The first kappa shape index (κ1) is 18.5. The van der Waals surface area contributed by atoms with Crippen LogP contribution >= 0.6 is 0 Å². The highest BCUT2D eigenvalue weighted by Crippen LogP contribution is 2.31. The van der Waals surface area contributed by atoms with E-state index in [-0.39, 0.29) is 6.61 Å². The average Bonchev–Trinajstić information content (AvgIpc) is 2.59. The Morgan fingerprint density at radius 1 is 1.12 bits per heavy atom. The zero-order valence-corrected chi connectivity index (χ0v) is 15.0. The summed E-state index contributed by atoms with van der Waals surface area (Å²) in [5, 5.41) is 0. The monoisotopic (exact) mass is 332 g/mol. The Bertz CT molecular complexity index is 556. The van der Waals surface area contributed by atoms with Gasteiger partial charge < -0.3 is 9.47 Å². The van der Waals surface area contributed by atoms with Crippen molar-refractivity contribution < 1.29 is 19.1 Å². The number of rotatable bonds is 6. The van der Waals surface area contributed by atoms with Crippen LogP contribution in [0.25, 0.3) is 0 Å². The second-order valence-corrected chi connectivity index (χ2v) is 6.99. The van der Waals surface area contributed by atoms with Gasteiger partial charge in [-0.05, 0) is 62.6 Å². The van der Waals surface area contributed by atoms with Crippen molar-refractivity contribution in [3.63, 3.8) is 0 Å². The molecule has 0 N–H and O–H groups in total. The maximum absolute atomic E-state index is 12.0. The number of ether oxygens (including phenoxy) is 2. The fourth-order valence-electron chi connectivity index (χ4n) is 3.10. The third-order valence-electron chi connectivity index (χ3n) is 4.92. The van der Waals surface area contributed by atoms with E-state index in [2.05, 4.69) is 13.8 Å². The van der Waals surface area contributed by atoms with E-state index in [1.807, 2.05) is 19.1 Å². The zero-order valence-electron chi connectivity index (χ0n) is 15.0. The number of carbonyl (C=O) groups excluding carboxylic acids is 2. The second kappa shape index (κ2) is 8.32. The molecule has 0 amide bonds. The molecular weight excluding hydrogens is 304 g/mol. The van der Waals surface area contributed by atoms with Gasteiger partial charge >= 0.3 is 11.9 Å². The number of carbonyl (C=O) groups is 2. The van der Waals surface area contributed by atoms with Gasteiger partial charge in [-0.3, -0.25) is 0 Å². The second-order valence-electron chi connectivity index (χ2n) is 6.99.